The summed E-state index contributed by atoms with van der Waals surface area (Å²) in [5.74, 6) is 1.69. The first kappa shape index (κ1) is 24.4. The predicted octanol–water partition coefficient (Wildman–Crippen LogP) is 3.33. The van der Waals surface area contributed by atoms with E-state index in [0.29, 0.717) is 37.6 Å². The molecule has 0 aliphatic carbocycles. The SMILES string of the molecule is Cc1ccc(S(=O)(=O)N(C)c2ccc(OCC(=O)NCCc3ccc4c(c3)OCCO4)cc2)cc1. The zero-order valence-electron chi connectivity index (χ0n) is 19.7. The Labute approximate surface area is 205 Å². The number of fused-ring (bicyclic) bond motifs is 1. The second-order valence-electron chi connectivity index (χ2n) is 8.15. The van der Waals surface area contributed by atoms with Crippen LogP contribution in [-0.2, 0) is 21.2 Å². The van der Waals surface area contributed by atoms with Crippen molar-refractivity contribution in [1.82, 2.24) is 5.32 Å². The van der Waals surface area contributed by atoms with Gasteiger partial charge in [-0.05, 0) is 67.4 Å². The number of carbonyl (C=O) groups excluding carboxylic acids is 1. The summed E-state index contributed by atoms with van der Waals surface area (Å²) in [4.78, 5) is 12.4. The van der Waals surface area contributed by atoms with Crippen LogP contribution in [0.25, 0.3) is 0 Å². The summed E-state index contributed by atoms with van der Waals surface area (Å²) < 4.78 is 43.5. The molecule has 0 spiro atoms. The molecule has 0 saturated carbocycles. The topological polar surface area (TPSA) is 94.2 Å². The molecule has 1 N–H and O–H groups in total. The standard InChI is InChI=1S/C26H28N2O6S/c1-19-3-10-23(11-4-19)35(30,31)28(2)21-6-8-22(9-7-21)34-18-26(29)27-14-13-20-5-12-24-25(17-20)33-16-15-32-24/h3-12,17H,13-16,18H2,1-2H3,(H,27,29). The molecule has 0 fully saturated rings. The molecule has 0 saturated heterocycles. The summed E-state index contributed by atoms with van der Waals surface area (Å²) in [6.45, 7) is 3.30. The number of sulfonamides is 1. The van der Waals surface area contributed by atoms with Crippen molar-refractivity contribution in [3.05, 3.63) is 77.9 Å². The third-order valence-electron chi connectivity index (χ3n) is 5.59. The van der Waals surface area contributed by atoms with Crippen molar-refractivity contribution in [1.29, 1.82) is 0 Å². The fraction of sp³-hybridized carbons (Fsp3) is 0.269. The maximum atomic E-state index is 12.8. The van der Waals surface area contributed by atoms with E-state index in [4.69, 9.17) is 14.2 Å². The van der Waals surface area contributed by atoms with Crippen LogP contribution >= 0.6 is 0 Å². The van der Waals surface area contributed by atoms with E-state index in [1.807, 2.05) is 25.1 Å². The van der Waals surface area contributed by atoms with Crippen LogP contribution in [0.15, 0.2) is 71.6 Å². The number of anilines is 1. The number of nitrogens with zero attached hydrogens (tertiary/aromatic N) is 1. The highest BCUT2D eigenvalue weighted by molar-refractivity contribution is 7.92. The van der Waals surface area contributed by atoms with E-state index < -0.39 is 10.0 Å². The van der Waals surface area contributed by atoms with Crippen molar-refractivity contribution in [3.63, 3.8) is 0 Å². The number of ether oxygens (including phenoxy) is 3. The normalized spacial score (nSPS) is 12.6. The molecule has 1 amide bonds. The van der Waals surface area contributed by atoms with E-state index in [1.54, 1.807) is 48.5 Å². The monoisotopic (exact) mass is 496 g/mol. The molecular formula is C26H28N2O6S. The number of nitrogens with one attached hydrogen (secondary N) is 1. The minimum absolute atomic E-state index is 0.141. The summed E-state index contributed by atoms with van der Waals surface area (Å²) >= 11 is 0. The highest BCUT2D eigenvalue weighted by Gasteiger charge is 2.21. The Hall–Kier alpha value is -3.72. The van der Waals surface area contributed by atoms with Crippen LogP contribution in [-0.4, -0.2) is 47.7 Å². The largest absolute Gasteiger partial charge is 0.486 e. The Balaban J connectivity index is 1.25. The molecule has 4 rings (SSSR count). The van der Waals surface area contributed by atoms with Crippen LogP contribution in [0.1, 0.15) is 11.1 Å². The third kappa shape index (κ3) is 6.05. The van der Waals surface area contributed by atoms with Gasteiger partial charge >= 0.3 is 0 Å². The number of rotatable bonds is 9. The number of hydrogen-bond donors (Lipinski definition) is 1. The highest BCUT2D eigenvalue weighted by Crippen LogP contribution is 2.30. The van der Waals surface area contributed by atoms with Gasteiger partial charge in [-0.1, -0.05) is 23.8 Å². The van der Waals surface area contributed by atoms with E-state index in [9.17, 15) is 13.2 Å². The molecule has 0 radical (unpaired) electrons. The Morgan fingerprint density at radius 3 is 2.37 bits per heavy atom. The van der Waals surface area contributed by atoms with E-state index in [2.05, 4.69) is 5.32 Å². The van der Waals surface area contributed by atoms with Gasteiger partial charge in [0.2, 0.25) is 0 Å². The second-order valence-corrected chi connectivity index (χ2v) is 10.1. The average Bonchev–Trinajstić information content (AvgIpc) is 2.87. The minimum Gasteiger partial charge on any atom is -0.486 e. The van der Waals surface area contributed by atoms with Gasteiger partial charge in [-0.3, -0.25) is 9.10 Å². The van der Waals surface area contributed by atoms with Crippen LogP contribution in [0, 0.1) is 6.92 Å². The Morgan fingerprint density at radius 1 is 0.971 bits per heavy atom. The number of carbonyl (C=O) groups is 1. The minimum atomic E-state index is -3.67. The lowest BCUT2D eigenvalue weighted by Crippen LogP contribution is -2.30. The lowest BCUT2D eigenvalue weighted by Gasteiger charge is -2.20. The van der Waals surface area contributed by atoms with Crippen molar-refractivity contribution in [3.8, 4) is 17.2 Å². The lowest BCUT2D eigenvalue weighted by molar-refractivity contribution is -0.123. The van der Waals surface area contributed by atoms with Gasteiger partial charge in [0.25, 0.3) is 15.9 Å². The van der Waals surface area contributed by atoms with Gasteiger partial charge in [0.15, 0.2) is 18.1 Å². The van der Waals surface area contributed by atoms with Crippen molar-refractivity contribution in [2.75, 3.05) is 37.7 Å². The Morgan fingerprint density at radius 2 is 1.66 bits per heavy atom. The number of aryl methyl sites for hydroxylation is 1. The molecule has 1 aliphatic rings. The molecule has 8 nitrogen and oxygen atoms in total. The predicted molar refractivity (Wildman–Crippen MR) is 133 cm³/mol. The van der Waals surface area contributed by atoms with Gasteiger partial charge in [-0.2, -0.15) is 0 Å². The lowest BCUT2D eigenvalue weighted by atomic mass is 10.1. The summed E-state index contributed by atoms with van der Waals surface area (Å²) in [6, 6.07) is 19.0. The molecule has 9 heteroatoms. The second kappa shape index (κ2) is 10.7. The van der Waals surface area contributed by atoms with E-state index in [1.165, 1.54) is 11.4 Å². The molecule has 0 bridgehead atoms. The average molecular weight is 497 g/mol. The van der Waals surface area contributed by atoms with E-state index in [-0.39, 0.29) is 17.4 Å². The molecule has 0 atom stereocenters. The van der Waals surface area contributed by atoms with E-state index >= 15 is 0 Å². The fourth-order valence-corrected chi connectivity index (χ4v) is 4.74. The van der Waals surface area contributed by atoms with Crippen molar-refractivity contribution in [2.45, 2.75) is 18.2 Å². The summed E-state index contributed by atoms with van der Waals surface area (Å²) in [7, 11) is -2.17. The third-order valence-corrected chi connectivity index (χ3v) is 7.39. The van der Waals surface area contributed by atoms with Crippen molar-refractivity contribution >= 4 is 21.6 Å². The van der Waals surface area contributed by atoms with Gasteiger partial charge in [0.05, 0.1) is 10.6 Å². The molecule has 35 heavy (non-hydrogen) atoms. The number of benzene rings is 3. The van der Waals surface area contributed by atoms with Crippen LogP contribution in [0.5, 0.6) is 17.2 Å². The van der Waals surface area contributed by atoms with Crippen LogP contribution in [0.2, 0.25) is 0 Å². The van der Waals surface area contributed by atoms with Gasteiger partial charge in [-0.25, -0.2) is 8.42 Å². The van der Waals surface area contributed by atoms with Crippen molar-refractivity contribution < 1.29 is 27.4 Å². The molecular weight excluding hydrogens is 468 g/mol. The molecule has 184 valence electrons. The van der Waals surface area contributed by atoms with Crippen LogP contribution in [0.4, 0.5) is 5.69 Å². The quantitative estimate of drug-likeness (QED) is 0.488. The maximum absolute atomic E-state index is 12.8. The zero-order valence-corrected chi connectivity index (χ0v) is 20.5. The summed E-state index contributed by atoms with van der Waals surface area (Å²) in [6.07, 6.45) is 0.652. The van der Waals surface area contributed by atoms with Gasteiger partial charge in [0.1, 0.15) is 19.0 Å². The first-order valence-corrected chi connectivity index (χ1v) is 12.7. The fourth-order valence-electron chi connectivity index (χ4n) is 3.55. The van der Waals surface area contributed by atoms with Gasteiger partial charge < -0.3 is 19.5 Å². The first-order chi connectivity index (χ1) is 16.8. The molecule has 1 heterocycles. The van der Waals surface area contributed by atoms with Crippen LogP contribution in [0.3, 0.4) is 0 Å². The van der Waals surface area contributed by atoms with Gasteiger partial charge in [0, 0.05) is 13.6 Å². The molecule has 0 unspecified atom stereocenters. The first-order valence-electron chi connectivity index (χ1n) is 11.3. The van der Waals surface area contributed by atoms with Crippen LogP contribution < -0.4 is 23.8 Å². The summed E-state index contributed by atoms with van der Waals surface area (Å²) in [5, 5.41) is 2.83. The number of hydrogen-bond acceptors (Lipinski definition) is 6. The zero-order chi connectivity index (χ0) is 24.8. The molecule has 0 aromatic heterocycles. The molecule has 3 aromatic carbocycles. The molecule has 3 aromatic rings. The Kier molecular flexibility index (Phi) is 7.45. The van der Waals surface area contributed by atoms with Crippen molar-refractivity contribution in [2.24, 2.45) is 0 Å². The molecule has 1 aliphatic heterocycles. The highest BCUT2D eigenvalue weighted by atomic mass is 32.2. The maximum Gasteiger partial charge on any atom is 0.264 e. The number of amides is 1. The van der Waals surface area contributed by atoms with Gasteiger partial charge in [-0.15, -0.1) is 0 Å². The van der Waals surface area contributed by atoms with E-state index in [0.717, 1.165) is 22.6 Å². The smallest absolute Gasteiger partial charge is 0.264 e. The summed E-state index contributed by atoms with van der Waals surface area (Å²) in [5.41, 5.74) is 2.51. The Bertz CT molecular complexity index is 1270.